The van der Waals surface area contributed by atoms with Crippen LogP contribution in [0, 0.1) is 0 Å². The van der Waals surface area contributed by atoms with Crippen LogP contribution in [0.2, 0.25) is 0 Å². The van der Waals surface area contributed by atoms with Crippen LogP contribution in [0.25, 0.3) is 10.8 Å². The van der Waals surface area contributed by atoms with Crippen molar-refractivity contribution in [1.29, 1.82) is 0 Å². The number of amides is 2. The summed E-state index contributed by atoms with van der Waals surface area (Å²) < 4.78 is 0. The molecule has 2 N–H and O–H groups in total. The predicted octanol–water partition coefficient (Wildman–Crippen LogP) is 5.30. The van der Waals surface area contributed by atoms with Crippen molar-refractivity contribution in [1.82, 2.24) is 4.90 Å². The lowest BCUT2D eigenvalue weighted by Gasteiger charge is -2.39. The summed E-state index contributed by atoms with van der Waals surface area (Å²) in [5.41, 5.74) is 0.495. The van der Waals surface area contributed by atoms with Crippen LogP contribution in [0.4, 0.5) is 10.5 Å². The second-order valence-corrected chi connectivity index (χ2v) is 7.69. The highest BCUT2D eigenvalue weighted by Gasteiger charge is 2.38. The molecule has 3 rings (SSSR count). The van der Waals surface area contributed by atoms with Gasteiger partial charge >= 0.3 is 6.09 Å². The van der Waals surface area contributed by atoms with Crippen LogP contribution in [0.1, 0.15) is 32.4 Å². The van der Waals surface area contributed by atoms with E-state index in [4.69, 9.17) is 0 Å². The highest BCUT2D eigenvalue weighted by molar-refractivity contribution is 5.99. The molecule has 0 radical (unpaired) electrons. The van der Waals surface area contributed by atoms with Crippen molar-refractivity contribution in [2.45, 2.75) is 32.4 Å². The number of carbonyl (C=O) groups excluding carboxylic acids is 1. The Morgan fingerprint density at radius 2 is 1.50 bits per heavy atom. The minimum Gasteiger partial charge on any atom is -0.465 e. The van der Waals surface area contributed by atoms with Crippen LogP contribution in [-0.2, 0) is 4.79 Å². The van der Waals surface area contributed by atoms with Gasteiger partial charge < -0.3 is 10.4 Å². The summed E-state index contributed by atoms with van der Waals surface area (Å²) in [6.07, 6.45) is -1.14. The normalized spacial score (nSPS) is 12.4. The lowest BCUT2D eigenvalue weighted by molar-refractivity contribution is -0.122. The molecular weight excluding hydrogens is 352 g/mol. The van der Waals surface area contributed by atoms with Crippen molar-refractivity contribution >= 4 is 28.5 Å². The molecule has 0 spiro atoms. The van der Waals surface area contributed by atoms with Crippen molar-refractivity contribution in [2.75, 3.05) is 5.32 Å². The first-order valence-corrected chi connectivity index (χ1v) is 9.14. The number of benzene rings is 3. The molecule has 2 amide bonds. The van der Waals surface area contributed by atoms with E-state index in [1.165, 1.54) is 4.90 Å². The molecule has 3 aromatic rings. The zero-order chi connectivity index (χ0) is 20.3. The highest BCUT2D eigenvalue weighted by Crippen LogP contribution is 2.30. The fraction of sp³-hybridized carbons (Fsp3) is 0.217. The predicted molar refractivity (Wildman–Crippen MR) is 111 cm³/mol. The Balaban J connectivity index is 1.99. The lowest BCUT2D eigenvalue weighted by atomic mass is 9.97. The Bertz CT molecular complexity index is 993. The standard InChI is InChI=1S/C23H24N2O3/c1-23(2,3)25(22(27)28)20(17-10-5-4-6-11-17)21(26)24-19-14-13-16-9-7-8-12-18(16)15-19/h4-15,20H,1-3H3,(H,24,26)(H,27,28). The molecule has 0 saturated heterocycles. The minimum atomic E-state index is -1.14. The fourth-order valence-electron chi connectivity index (χ4n) is 3.32. The molecule has 0 heterocycles. The Morgan fingerprint density at radius 1 is 0.893 bits per heavy atom. The number of hydrogen-bond acceptors (Lipinski definition) is 2. The lowest BCUT2D eigenvalue weighted by Crippen LogP contribution is -2.50. The first-order valence-electron chi connectivity index (χ1n) is 9.14. The van der Waals surface area contributed by atoms with Crippen LogP contribution in [0.3, 0.4) is 0 Å². The molecule has 5 heteroatoms. The van der Waals surface area contributed by atoms with Crippen LogP contribution in [0.5, 0.6) is 0 Å². The summed E-state index contributed by atoms with van der Waals surface area (Å²) in [6.45, 7) is 5.33. The van der Waals surface area contributed by atoms with Gasteiger partial charge in [-0.1, -0.05) is 60.7 Å². The number of rotatable bonds is 4. The third-order valence-electron chi connectivity index (χ3n) is 4.57. The van der Waals surface area contributed by atoms with E-state index in [0.29, 0.717) is 11.3 Å². The Labute approximate surface area is 164 Å². The number of carbonyl (C=O) groups is 2. The number of hydrogen-bond donors (Lipinski definition) is 2. The number of nitrogens with zero attached hydrogens (tertiary/aromatic N) is 1. The molecule has 0 fully saturated rings. The summed E-state index contributed by atoms with van der Waals surface area (Å²) in [6, 6.07) is 21.5. The maximum Gasteiger partial charge on any atom is 0.408 e. The summed E-state index contributed by atoms with van der Waals surface area (Å²) >= 11 is 0. The number of nitrogens with one attached hydrogen (secondary N) is 1. The molecule has 0 bridgehead atoms. The molecule has 5 nitrogen and oxygen atoms in total. The Hall–Kier alpha value is -3.34. The SMILES string of the molecule is CC(C)(C)N(C(=O)O)C(C(=O)Nc1ccc2ccccc2c1)c1ccccc1. The van der Waals surface area contributed by atoms with Crippen LogP contribution >= 0.6 is 0 Å². The molecule has 0 aliphatic heterocycles. The molecule has 1 atom stereocenters. The zero-order valence-electron chi connectivity index (χ0n) is 16.2. The summed E-state index contributed by atoms with van der Waals surface area (Å²) in [5, 5.41) is 14.8. The Kier molecular flexibility index (Phi) is 5.36. The monoisotopic (exact) mass is 376 g/mol. The van der Waals surface area contributed by atoms with E-state index in [2.05, 4.69) is 5.32 Å². The maximum absolute atomic E-state index is 13.2. The quantitative estimate of drug-likeness (QED) is 0.649. The van der Waals surface area contributed by atoms with Gasteiger partial charge in [-0.3, -0.25) is 9.69 Å². The van der Waals surface area contributed by atoms with Crippen molar-refractivity contribution in [3.63, 3.8) is 0 Å². The zero-order valence-corrected chi connectivity index (χ0v) is 16.2. The summed E-state index contributed by atoms with van der Waals surface area (Å²) in [4.78, 5) is 26.5. The van der Waals surface area contributed by atoms with Gasteiger partial charge in [0.1, 0.15) is 6.04 Å². The van der Waals surface area contributed by atoms with E-state index < -0.39 is 17.7 Å². The fourth-order valence-corrected chi connectivity index (χ4v) is 3.32. The smallest absolute Gasteiger partial charge is 0.408 e. The maximum atomic E-state index is 13.2. The molecule has 28 heavy (non-hydrogen) atoms. The van der Waals surface area contributed by atoms with Crippen LogP contribution < -0.4 is 5.32 Å². The molecular formula is C23H24N2O3. The van der Waals surface area contributed by atoms with E-state index in [9.17, 15) is 14.7 Å². The van der Waals surface area contributed by atoms with E-state index in [1.54, 1.807) is 45.0 Å². The van der Waals surface area contributed by atoms with Gasteiger partial charge in [0.25, 0.3) is 5.91 Å². The second kappa shape index (κ2) is 7.72. The van der Waals surface area contributed by atoms with Gasteiger partial charge in [0.2, 0.25) is 0 Å². The van der Waals surface area contributed by atoms with Gasteiger partial charge in [0, 0.05) is 11.2 Å². The van der Waals surface area contributed by atoms with Crippen molar-refractivity contribution in [3.8, 4) is 0 Å². The summed E-state index contributed by atoms with van der Waals surface area (Å²) in [5.74, 6) is -0.390. The largest absolute Gasteiger partial charge is 0.465 e. The second-order valence-electron chi connectivity index (χ2n) is 7.69. The molecule has 0 aliphatic rings. The average Bonchev–Trinajstić information content (AvgIpc) is 2.65. The molecule has 0 aromatic heterocycles. The van der Waals surface area contributed by atoms with Gasteiger partial charge in [-0.15, -0.1) is 0 Å². The molecule has 144 valence electrons. The van der Waals surface area contributed by atoms with E-state index in [1.807, 2.05) is 48.5 Å². The van der Waals surface area contributed by atoms with E-state index in [-0.39, 0.29) is 5.91 Å². The topological polar surface area (TPSA) is 69.6 Å². The third-order valence-corrected chi connectivity index (χ3v) is 4.57. The number of carboxylic acid groups (broad SMARTS) is 1. The molecule has 0 aliphatic carbocycles. The van der Waals surface area contributed by atoms with Gasteiger partial charge in [0.05, 0.1) is 0 Å². The molecule has 3 aromatic carbocycles. The molecule has 0 saturated carbocycles. The van der Waals surface area contributed by atoms with Crippen molar-refractivity contribution < 1.29 is 14.7 Å². The third kappa shape index (κ3) is 4.14. The minimum absolute atomic E-state index is 0.390. The summed E-state index contributed by atoms with van der Waals surface area (Å²) in [7, 11) is 0. The molecule has 1 unspecified atom stereocenters. The Morgan fingerprint density at radius 3 is 2.11 bits per heavy atom. The van der Waals surface area contributed by atoms with Crippen molar-refractivity contribution in [3.05, 3.63) is 78.4 Å². The first kappa shape index (κ1) is 19.4. The van der Waals surface area contributed by atoms with Crippen LogP contribution in [-0.4, -0.2) is 27.5 Å². The average molecular weight is 376 g/mol. The van der Waals surface area contributed by atoms with Gasteiger partial charge in [0.15, 0.2) is 0 Å². The van der Waals surface area contributed by atoms with Crippen LogP contribution in [0.15, 0.2) is 72.8 Å². The van der Waals surface area contributed by atoms with Gasteiger partial charge in [-0.25, -0.2) is 4.79 Å². The highest BCUT2D eigenvalue weighted by atomic mass is 16.4. The van der Waals surface area contributed by atoms with E-state index in [0.717, 1.165) is 10.8 Å². The van der Waals surface area contributed by atoms with Gasteiger partial charge in [-0.05, 0) is 49.2 Å². The van der Waals surface area contributed by atoms with E-state index >= 15 is 0 Å². The first-order chi connectivity index (χ1) is 13.3. The van der Waals surface area contributed by atoms with Gasteiger partial charge in [-0.2, -0.15) is 0 Å². The van der Waals surface area contributed by atoms with Crippen molar-refractivity contribution in [2.24, 2.45) is 0 Å². The number of anilines is 1. The number of fused-ring (bicyclic) bond motifs is 1.